The molecule has 0 aliphatic rings. The molecule has 0 spiro atoms. The van der Waals surface area contributed by atoms with Crippen LogP contribution in [0.25, 0.3) is 11.3 Å². The summed E-state index contributed by atoms with van der Waals surface area (Å²) in [6.45, 7) is 0. The van der Waals surface area contributed by atoms with Gasteiger partial charge in [0.15, 0.2) is 0 Å². The van der Waals surface area contributed by atoms with Gasteiger partial charge in [0.1, 0.15) is 0 Å². The number of pyridine rings is 1. The Kier molecular flexibility index (Phi) is 4.56. The molecule has 5 heteroatoms. The minimum Gasteiger partial charge on any atom is -0.465 e. The molecule has 0 radical (unpaired) electrons. The van der Waals surface area contributed by atoms with E-state index < -0.39 is 0 Å². The van der Waals surface area contributed by atoms with E-state index in [9.17, 15) is 4.79 Å². The lowest BCUT2D eigenvalue weighted by molar-refractivity contribution is 0.0599. The number of ether oxygens (including phenoxy) is 1. The van der Waals surface area contributed by atoms with Crippen LogP contribution < -0.4 is 0 Å². The molecule has 0 N–H and O–H groups in total. The number of aromatic nitrogens is 1. The molecule has 2 rings (SSSR count). The summed E-state index contributed by atoms with van der Waals surface area (Å²) in [4.78, 5) is 15.9. The van der Waals surface area contributed by atoms with Crippen molar-refractivity contribution in [2.45, 2.75) is 5.33 Å². The van der Waals surface area contributed by atoms with Gasteiger partial charge in [0.25, 0.3) is 0 Å². The monoisotopic (exact) mass is 339 g/mol. The van der Waals surface area contributed by atoms with E-state index in [1.54, 1.807) is 6.07 Å². The van der Waals surface area contributed by atoms with Crippen molar-refractivity contribution in [1.82, 2.24) is 4.98 Å². The highest BCUT2D eigenvalue weighted by Crippen LogP contribution is 2.24. The first kappa shape index (κ1) is 14.0. The summed E-state index contributed by atoms with van der Waals surface area (Å²) < 4.78 is 4.72. The van der Waals surface area contributed by atoms with Crippen LogP contribution in [0.2, 0.25) is 5.02 Å². The van der Waals surface area contributed by atoms with Gasteiger partial charge in [-0.05, 0) is 23.8 Å². The minimum absolute atomic E-state index is 0.389. The maximum Gasteiger partial charge on any atom is 0.339 e. The molecule has 0 aliphatic heterocycles. The van der Waals surface area contributed by atoms with Crippen molar-refractivity contribution in [3.05, 3.63) is 52.7 Å². The molecule has 98 valence electrons. The van der Waals surface area contributed by atoms with Crippen LogP contribution in [0.15, 0.2) is 36.5 Å². The van der Waals surface area contributed by atoms with E-state index in [1.807, 2.05) is 24.3 Å². The zero-order valence-corrected chi connectivity index (χ0v) is 12.5. The summed E-state index contributed by atoms with van der Waals surface area (Å²) in [5.41, 5.74) is 2.97. The number of carbonyl (C=O) groups is 1. The Morgan fingerprint density at radius 3 is 2.84 bits per heavy atom. The third-order valence-electron chi connectivity index (χ3n) is 2.66. The SMILES string of the molecule is COC(=O)c1cnc(-c2cccc(Cl)c2)cc1CBr. The second-order valence-corrected chi connectivity index (χ2v) is 4.86. The summed E-state index contributed by atoms with van der Waals surface area (Å²) in [5.74, 6) is -0.389. The van der Waals surface area contributed by atoms with Crippen LogP contribution in [-0.4, -0.2) is 18.1 Å². The van der Waals surface area contributed by atoms with E-state index >= 15 is 0 Å². The number of hydrogen-bond acceptors (Lipinski definition) is 3. The van der Waals surface area contributed by atoms with Gasteiger partial charge in [-0.25, -0.2) is 4.79 Å². The maximum absolute atomic E-state index is 11.6. The van der Waals surface area contributed by atoms with Crippen LogP contribution in [-0.2, 0) is 10.1 Å². The van der Waals surface area contributed by atoms with E-state index in [-0.39, 0.29) is 5.97 Å². The fraction of sp³-hybridized carbons (Fsp3) is 0.143. The Morgan fingerprint density at radius 2 is 2.21 bits per heavy atom. The highest BCUT2D eigenvalue weighted by molar-refractivity contribution is 9.08. The Balaban J connectivity index is 2.47. The van der Waals surface area contributed by atoms with E-state index in [0.717, 1.165) is 16.8 Å². The van der Waals surface area contributed by atoms with Gasteiger partial charge < -0.3 is 4.74 Å². The number of rotatable bonds is 3. The van der Waals surface area contributed by atoms with Gasteiger partial charge in [0, 0.05) is 22.1 Å². The fourth-order valence-corrected chi connectivity index (χ4v) is 2.36. The summed E-state index contributed by atoms with van der Waals surface area (Å²) in [5, 5.41) is 1.20. The summed E-state index contributed by atoms with van der Waals surface area (Å²) in [6.07, 6.45) is 1.53. The molecule has 19 heavy (non-hydrogen) atoms. The van der Waals surface area contributed by atoms with Gasteiger partial charge in [0.2, 0.25) is 0 Å². The normalized spacial score (nSPS) is 10.3. The Hall–Kier alpha value is -1.39. The van der Waals surface area contributed by atoms with Gasteiger partial charge in [-0.2, -0.15) is 0 Å². The van der Waals surface area contributed by atoms with Crippen LogP contribution in [0, 0.1) is 0 Å². The van der Waals surface area contributed by atoms with Gasteiger partial charge in [-0.15, -0.1) is 0 Å². The highest BCUT2D eigenvalue weighted by Gasteiger charge is 2.13. The Morgan fingerprint density at radius 1 is 1.42 bits per heavy atom. The molecular formula is C14H11BrClNO2. The molecule has 0 bridgehead atoms. The van der Waals surface area contributed by atoms with Crippen molar-refractivity contribution in [1.29, 1.82) is 0 Å². The maximum atomic E-state index is 11.6. The van der Waals surface area contributed by atoms with Crippen LogP contribution in [0.5, 0.6) is 0 Å². The molecule has 1 heterocycles. The predicted molar refractivity (Wildman–Crippen MR) is 78.7 cm³/mol. The molecule has 0 saturated carbocycles. The number of methoxy groups -OCH3 is 1. The lowest BCUT2D eigenvalue weighted by Gasteiger charge is -2.08. The van der Waals surface area contributed by atoms with Crippen molar-refractivity contribution in [3.63, 3.8) is 0 Å². The van der Waals surface area contributed by atoms with Crippen molar-refractivity contribution >= 4 is 33.5 Å². The summed E-state index contributed by atoms with van der Waals surface area (Å²) >= 11 is 9.33. The summed E-state index contributed by atoms with van der Waals surface area (Å²) in [6, 6.07) is 9.27. The average Bonchev–Trinajstić information content (AvgIpc) is 2.45. The first-order valence-electron chi connectivity index (χ1n) is 5.55. The smallest absolute Gasteiger partial charge is 0.339 e. The number of benzene rings is 1. The van der Waals surface area contributed by atoms with Crippen LogP contribution in [0.3, 0.4) is 0 Å². The summed E-state index contributed by atoms with van der Waals surface area (Å²) in [7, 11) is 1.35. The number of nitrogens with zero attached hydrogens (tertiary/aromatic N) is 1. The van der Waals surface area contributed by atoms with Gasteiger partial charge in [-0.1, -0.05) is 39.7 Å². The lowest BCUT2D eigenvalue weighted by atomic mass is 10.1. The molecule has 0 saturated heterocycles. The zero-order valence-electron chi connectivity index (χ0n) is 10.2. The number of carbonyl (C=O) groups excluding carboxylic acids is 1. The third kappa shape index (κ3) is 3.14. The van der Waals surface area contributed by atoms with Crippen molar-refractivity contribution < 1.29 is 9.53 Å². The Bertz CT molecular complexity index is 616. The number of hydrogen-bond donors (Lipinski definition) is 0. The zero-order chi connectivity index (χ0) is 13.8. The molecular weight excluding hydrogens is 330 g/mol. The van der Waals surface area contributed by atoms with Crippen molar-refractivity contribution in [3.8, 4) is 11.3 Å². The van der Waals surface area contributed by atoms with Crippen LogP contribution in [0.4, 0.5) is 0 Å². The highest BCUT2D eigenvalue weighted by atomic mass is 79.9. The second kappa shape index (κ2) is 6.17. The minimum atomic E-state index is -0.389. The van der Waals surface area contributed by atoms with Crippen LogP contribution in [0.1, 0.15) is 15.9 Å². The van der Waals surface area contributed by atoms with E-state index in [0.29, 0.717) is 15.9 Å². The molecule has 3 nitrogen and oxygen atoms in total. The van der Waals surface area contributed by atoms with E-state index in [2.05, 4.69) is 20.9 Å². The molecule has 0 aliphatic carbocycles. The van der Waals surface area contributed by atoms with Crippen molar-refractivity contribution in [2.24, 2.45) is 0 Å². The molecule has 2 aromatic rings. The van der Waals surface area contributed by atoms with Crippen LogP contribution >= 0.6 is 27.5 Å². The quantitative estimate of drug-likeness (QED) is 0.624. The molecule has 1 aromatic heterocycles. The molecule has 0 fully saturated rings. The molecule has 1 aromatic carbocycles. The average molecular weight is 341 g/mol. The fourth-order valence-electron chi connectivity index (χ4n) is 1.71. The molecule has 0 atom stereocenters. The van der Waals surface area contributed by atoms with E-state index in [4.69, 9.17) is 16.3 Å². The van der Waals surface area contributed by atoms with E-state index in [1.165, 1.54) is 13.3 Å². The number of esters is 1. The Labute approximate surface area is 124 Å². The first-order chi connectivity index (χ1) is 9.15. The van der Waals surface area contributed by atoms with Crippen molar-refractivity contribution in [2.75, 3.05) is 7.11 Å². The number of alkyl halides is 1. The largest absolute Gasteiger partial charge is 0.465 e. The van der Waals surface area contributed by atoms with Gasteiger partial charge >= 0.3 is 5.97 Å². The van der Waals surface area contributed by atoms with Gasteiger partial charge in [0.05, 0.1) is 18.4 Å². The molecule has 0 unspecified atom stereocenters. The topological polar surface area (TPSA) is 39.2 Å². The molecule has 0 amide bonds. The second-order valence-electron chi connectivity index (χ2n) is 3.86. The number of halogens is 2. The van der Waals surface area contributed by atoms with Gasteiger partial charge in [-0.3, -0.25) is 4.98 Å². The first-order valence-corrected chi connectivity index (χ1v) is 7.04. The lowest BCUT2D eigenvalue weighted by Crippen LogP contribution is -2.06. The predicted octanol–water partition coefficient (Wildman–Crippen LogP) is 4.08. The standard InChI is InChI=1S/C14H11BrClNO2/c1-19-14(18)12-8-17-13(6-10(12)7-15)9-3-2-4-11(16)5-9/h2-6,8H,7H2,1H3. The third-order valence-corrected chi connectivity index (χ3v) is 3.50.